The van der Waals surface area contributed by atoms with Crippen molar-refractivity contribution in [2.45, 2.75) is 58.4 Å². The lowest BCUT2D eigenvalue weighted by molar-refractivity contribution is -0.137. The van der Waals surface area contributed by atoms with E-state index in [2.05, 4.69) is 30.6 Å². The zero-order valence-corrected chi connectivity index (χ0v) is 29.5. The fourth-order valence-electron chi connectivity index (χ4n) is 6.04. The number of hydrogen-bond donors (Lipinski definition) is 5. The number of anilines is 2. The molecule has 1 unspecified atom stereocenters. The van der Waals surface area contributed by atoms with Crippen LogP contribution in [-0.2, 0) is 34.5 Å². The third-order valence-electron chi connectivity index (χ3n) is 8.70. The van der Waals surface area contributed by atoms with E-state index in [0.717, 1.165) is 0 Å². The highest BCUT2D eigenvalue weighted by molar-refractivity contribution is 5.92. The molecular weight excluding hydrogens is 694 g/mol. The highest BCUT2D eigenvalue weighted by atomic mass is 16.6. The van der Waals surface area contributed by atoms with Crippen LogP contribution in [0.3, 0.4) is 0 Å². The minimum absolute atomic E-state index is 0.0725. The quantitative estimate of drug-likeness (QED) is 0.109. The van der Waals surface area contributed by atoms with Crippen molar-refractivity contribution in [1.29, 1.82) is 0 Å². The van der Waals surface area contributed by atoms with Gasteiger partial charge in [-0.3, -0.25) is 33.4 Å². The third-order valence-corrected chi connectivity index (χ3v) is 8.70. The van der Waals surface area contributed by atoms with Gasteiger partial charge in [-0.2, -0.15) is 9.97 Å². The van der Waals surface area contributed by atoms with Crippen LogP contribution in [0.5, 0.6) is 11.5 Å². The second-order valence-corrected chi connectivity index (χ2v) is 11.9. The van der Waals surface area contributed by atoms with E-state index < -0.39 is 54.2 Å². The number of amides is 2. The Labute approximate surface area is 300 Å². The fourth-order valence-corrected chi connectivity index (χ4v) is 6.04. The molecule has 1 aromatic carbocycles. The SMILES string of the molecule is CCNC(=O)C1O[C@@H](n2cnc3c(N)nc(NC(=O)COc4ccc(/C=C/c5nc6c(c(=O)n(CC)c(=O)n6CC)n5C)cc4OC)nc32)[C@H](O)[C@@H]1O. The molecule has 1 saturated heterocycles. The van der Waals surface area contributed by atoms with Gasteiger partial charge in [-0.15, -0.1) is 0 Å². The van der Waals surface area contributed by atoms with E-state index in [1.54, 1.807) is 55.8 Å². The molecule has 6 rings (SSSR count). The number of nitrogens with one attached hydrogen (secondary N) is 2. The van der Waals surface area contributed by atoms with Crippen molar-refractivity contribution in [3.63, 3.8) is 0 Å². The number of benzene rings is 1. The molecule has 5 aromatic rings. The molecule has 0 spiro atoms. The summed E-state index contributed by atoms with van der Waals surface area (Å²) in [4.78, 5) is 68.2. The summed E-state index contributed by atoms with van der Waals surface area (Å²) in [6.45, 7) is 5.68. The molecule has 5 heterocycles. The Morgan fingerprint density at radius 3 is 2.47 bits per heavy atom. The maximum absolute atomic E-state index is 13.0. The Balaban J connectivity index is 1.15. The van der Waals surface area contributed by atoms with Gasteiger partial charge in [0.1, 0.15) is 23.5 Å². The van der Waals surface area contributed by atoms with Gasteiger partial charge in [0.25, 0.3) is 17.4 Å². The number of likely N-dealkylation sites (N-methyl/N-ethyl adjacent to an activating group) is 1. The van der Waals surface area contributed by atoms with Crippen molar-refractivity contribution in [3.8, 4) is 11.5 Å². The highest BCUT2D eigenvalue weighted by Crippen LogP contribution is 2.33. The first kappa shape index (κ1) is 36.7. The van der Waals surface area contributed by atoms with Crippen molar-refractivity contribution in [3.05, 3.63) is 56.8 Å². The minimum Gasteiger partial charge on any atom is -0.493 e. The third kappa shape index (κ3) is 6.69. The highest BCUT2D eigenvalue weighted by Gasteiger charge is 2.47. The van der Waals surface area contributed by atoms with Crippen LogP contribution in [0.1, 0.15) is 38.4 Å². The summed E-state index contributed by atoms with van der Waals surface area (Å²) in [5.41, 5.74) is 6.79. The van der Waals surface area contributed by atoms with Gasteiger partial charge in [-0.05, 0) is 44.5 Å². The molecule has 2 amide bonds. The number of aliphatic hydroxyl groups is 2. The summed E-state index contributed by atoms with van der Waals surface area (Å²) < 4.78 is 22.5. The number of aromatic nitrogens is 8. The summed E-state index contributed by atoms with van der Waals surface area (Å²) in [7, 11) is 3.15. The minimum atomic E-state index is -1.52. The number of ether oxygens (including phenoxy) is 3. The molecule has 280 valence electrons. The topological polar surface area (TPSA) is 258 Å². The number of hydrogen-bond acceptors (Lipinski definition) is 14. The molecular formula is C33H39N11O9. The predicted molar refractivity (Wildman–Crippen MR) is 191 cm³/mol. The van der Waals surface area contributed by atoms with Crippen molar-refractivity contribution in [1.82, 2.24) is 43.5 Å². The van der Waals surface area contributed by atoms with E-state index in [-0.39, 0.29) is 35.2 Å². The van der Waals surface area contributed by atoms with Crippen LogP contribution in [-0.4, -0.2) is 98.8 Å². The van der Waals surface area contributed by atoms with Gasteiger partial charge in [-0.1, -0.05) is 12.1 Å². The molecule has 4 atom stereocenters. The summed E-state index contributed by atoms with van der Waals surface area (Å²) >= 11 is 0. The number of nitrogen functional groups attached to an aromatic ring is 1. The molecule has 20 heteroatoms. The Bertz CT molecular complexity index is 2360. The van der Waals surface area contributed by atoms with Crippen LogP contribution < -0.4 is 37.1 Å². The summed E-state index contributed by atoms with van der Waals surface area (Å²) in [5, 5.41) is 26.2. The maximum atomic E-state index is 13.0. The number of aryl methyl sites for hydroxylation is 2. The Kier molecular flexibility index (Phi) is 10.3. The van der Waals surface area contributed by atoms with Gasteiger partial charge in [0.15, 0.2) is 53.1 Å². The van der Waals surface area contributed by atoms with Gasteiger partial charge in [0.05, 0.1) is 13.4 Å². The monoisotopic (exact) mass is 733 g/mol. The Morgan fingerprint density at radius 2 is 1.77 bits per heavy atom. The number of rotatable bonds is 12. The van der Waals surface area contributed by atoms with E-state index in [9.17, 15) is 29.4 Å². The molecule has 1 aliphatic rings. The predicted octanol–water partition coefficient (Wildman–Crippen LogP) is -0.390. The summed E-state index contributed by atoms with van der Waals surface area (Å²) in [5.74, 6) is -0.470. The Hall–Kier alpha value is -6.12. The molecule has 0 aliphatic carbocycles. The van der Waals surface area contributed by atoms with Crippen LogP contribution in [0, 0.1) is 0 Å². The van der Waals surface area contributed by atoms with Crippen LogP contribution >= 0.6 is 0 Å². The number of aliphatic hydroxyl groups excluding tert-OH is 2. The first-order valence-electron chi connectivity index (χ1n) is 16.7. The molecule has 53 heavy (non-hydrogen) atoms. The van der Waals surface area contributed by atoms with Crippen LogP contribution in [0.15, 0.2) is 34.1 Å². The van der Waals surface area contributed by atoms with Crippen LogP contribution in [0.2, 0.25) is 0 Å². The normalized spacial score (nSPS) is 18.6. The van der Waals surface area contributed by atoms with Crippen molar-refractivity contribution in [2.75, 3.05) is 31.3 Å². The molecule has 6 N–H and O–H groups in total. The van der Waals surface area contributed by atoms with Gasteiger partial charge in [0.2, 0.25) is 5.95 Å². The van der Waals surface area contributed by atoms with Crippen LogP contribution in [0.4, 0.5) is 11.8 Å². The fraction of sp³-hybridized carbons (Fsp3) is 0.394. The number of methoxy groups -OCH3 is 1. The second kappa shape index (κ2) is 14.9. The number of carbonyl (C=O) groups excluding carboxylic acids is 2. The maximum Gasteiger partial charge on any atom is 0.332 e. The molecule has 1 fully saturated rings. The summed E-state index contributed by atoms with van der Waals surface area (Å²) in [6.07, 6.45) is -0.871. The lowest BCUT2D eigenvalue weighted by Gasteiger charge is -2.16. The second-order valence-electron chi connectivity index (χ2n) is 11.9. The van der Waals surface area contributed by atoms with E-state index >= 15 is 0 Å². The molecule has 0 bridgehead atoms. The zero-order valence-electron chi connectivity index (χ0n) is 29.5. The first-order valence-corrected chi connectivity index (χ1v) is 16.7. The van der Waals surface area contributed by atoms with Crippen molar-refractivity contribution >= 4 is 58.1 Å². The van der Waals surface area contributed by atoms with Gasteiger partial charge < -0.3 is 40.0 Å². The van der Waals surface area contributed by atoms with Crippen molar-refractivity contribution < 1.29 is 34.0 Å². The van der Waals surface area contributed by atoms with E-state index in [4.69, 9.17) is 19.9 Å². The molecule has 0 saturated carbocycles. The van der Waals surface area contributed by atoms with Gasteiger partial charge in [0, 0.05) is 26.7 Å². The molecule has 0 radical (unpaired) electrons. The molecule has 20 nitrogen and oxygen atoms in total. The molecule has 4 aromatic heterocycles. The smallest absolute Gasteiger partial charge is 0.332 e. The first-order chi connectivity index (χ1) is 25.4. The van der Waals surface area contributed by atoms with Gasteiger partial charge >= 0.3 is 5.69 Å². The average molecular weight is 734 g/mol. The number of nitrogens with zero attached hydrogens (tertiary/aromatic N) is 8. The standard InChI is InChI=1S/C33H39N11O9/c1-6-35-29(48)25-23(46)24(47)31(53-25)44-15-36-21-26(34)39-32(40-27(21)44)38-20(45)14-52-17-11-9-16(13-18(17)51-5)10-12-19-37-28-22(41(19)4)30(49)43(8-3)33(50)42(28)7-2/h9-13,15,23-25,31,46-47H,6-8,14H2,1-5H3,(H,35,48)(H3,34,38,39,40,45)/b12-10+/t23-,24+,25?,31+/m0/s1. The number of imidazole rings is 2. The average Bonchev–Trinajstić information content (AvgIpc) is 3.80. The summed E-state index contributed by atoms with van der Waals surface area (Å²) in [6, 6.07) is 5.03. The van der Waals surface area contributed by atoms with E-state index in [1.807, 2.05) is 6.92 Å². The Morgan fingerprint density at radius 1 is 1.02 bits per heavy atom. The number of fused-ring (bicyclic) bond motifs is 2. The zero-order chi connectivity index (χ0) is 38.1. The van der Waals surface area contributed by atoms with Crippen molar-refractivity contribution in [2.24, 2.45) is 7.05 Å². The molecule has 1 aliphatic heterocycles. The number of nitrogens with two attached hydrogens (primary N) is 1. The number of carbonyl (C=O) groups is 2. The lowest BCUT2D eigenvalue weighted by atomic mass is 10.1. The van der Waals surface area contributed by atoms with E-state index in [1.165, 1.54) is 27.1 Å². The van der Waals surface area contributed by atoms with E-state index in [0.29, 0.717) is 41.4 Å². The van der Waals surface area contributed by atoms with Gasteiger partial charge in [-0.25, -0.2) is 14.8 Å². The van der Waals surface area contributed by atoms with Crippen LogP contribution in [0.25, 0.3) is 34.5 Å². The largest absolute Gasteiger partial charge is 0.493 e. The lowest BCUT2D eigenvalue weighted by Crippen LogP contribution is -2.42.